The van der Waals surface area contributed by atoms with Crippen LogP contribution in [0.5, 0.6) is 11.5 Å². The molecule has 0 saturated heterocycles. The fourth-order valence-corrected chi connectivity index (χ4v) is 3.10. The third kappa shape index (κ3) is 5.88. The van der Waals surface area contributed by atoms with E-state index >= 15 is 0 Å². The van der Waals surface area contributed by atoms with Gasteiger partial charge in [0, 0.05) is 11.0 Å². The highest BCUT2D eigenvalue weighted by molar-refractivity contribution is 7.15. The molecule has 1 amide bonds. The molecule has 26 heavy (non-hydrogen) atoms. The van der Waals surface area contributed by atoms with Crippen LogP contribution in [0.25, 0.3) is 6.08 Å². The smallest absolute Gasteiger partial charge is 0.250 e. The molecule has 0 unspecified atom stereocenters. The maximum absolute atomic E-state index is 12.0. The SMILES string of the molecule is CCCCCOc1ccc(/C=C/C(=O)Nc2nc(C)c(C)s2)cc1OC. The molecule has 0 atom stereocenters. The van der Waals surface area contributed by atoms with E-state index in [4.69, 9.17) is 9.47 Å². The predicted octanol–water partition coefficient (Wildman–Crippen LogP) is 4.99. The van der Waals surface area contributed by atoms with Crippen LogP contribution in [0.1, 0.15) is 42.3 Å². The first kappa shape index (κ1) is 20.0. The van der Waals surface area contributed by atoms with Crippen molar-refractivity contribution in [1.29, 1.82) is 0 Å². The Hall–Kier alpha value is -2.34. The van der Waals surface area contributed by atoms with Crippen LogP contribution in [-0.2, 0) is 4.79 Å². The number of hydrogen-bond donors (Lipinski definition) is 1. The lowest BCUT2D eigenvalue weighted by atomic mass is 10.2. The lowest BCUT2D eigenvalue weighted by molar-refractivity contribution is -0.111. The number of unbranched alkanes of at least 4 members (excludes halogenated alkanes) is 2. The van der Waals surface area contributed by atoms with Gasteiger partial charge in [0.15, 0.2) is 16.6 Å². The summed E-state index contributed by atoms with van der Waals surface area (Å²) in [6, 6.07) is 5.63. The van der Waals surface area contributed by atoms with Crippen LogP contribution >= 0.6 is 11.3 Å². The van der Waals surface area contributed by atoms with Gasteiger partial charge in [-0.15, -0.1) is 11.3 Å². The van der Waals surface area contributed by atoms with Crippen molar-refractivity contribution < 1.29 is 14.3 Å². The van der Waals surface area contributed by atoms with E-state index in [1.807, 2.05) is 32.0 Å². The number of carbonyl (C=O) groups is 1. The zero-order valence-electron chi connectivity index (χ0n) is 15.8. The lowest BCUT2D eigenvalue weighted by Crippen LogP contribution is -2.07. The summed E-state index contributed by atoms with van der Waals surface area (Å²) in [6.07, 6.45) is 6.56. The van der Waals surface area contributed by atoms with Crippen molar-refractivity contribution in [3.8, 4) is 11.5 Å². The Labute approximate surface area is 159 Å². The number of thiazole rings is 1. The Morgan fingerprint density at radius 1 is 1.27 bits per heavy atom. The predicted molar refractivity (Wildman–Crippen MR) is 107 cm³/mol. The molecule has 1 heterocycles. The molecule has 0 fully saturated rings. The van der Waals surface area contributed by atoms with Gasteiger partial charge in [-0.1, -0.05) is 25.8 Å². The molecular weight excluding hydrogens is 348 g/mol. The maximum Gasteiger partial charge on any atom is 0.250 e. The zero-order chi connectivity index (χ0) is 18.9. The number of nitrogens with one attached hydrogen (secondary N) is 1. The van der Waals surface area contributed by atoms with Crippen molar-refractivity contribution >= 4 is 28.5 Å². The lowest BCUT2D eigenvalue weighted by Gasteiger charge is -2.11. The van der Waals surface area contributed by atoms with Gasteiger partial charge in [0.25, 0.3) is 0 Å². The number of benzene rings is 1. The van der Waals surface area contributed by atoms with Crippen LogP contribution in [0.3, 0.4) is 0 Å². The minimum absolute atomic E-state index is 0.211. The molecule has 0 spiro atoms. The van der Waals surface area contributed by atoms with E-state index in [0.717, 1.165) is 41.1 Å². The molecule has 140 valence electrons. The molecule has 0 bridgehead atoms. The van der Waals surface area contributed by atoms with Gasteiger partial charge in [-0.05, 0) is 44.0 Å². The maximum atomic E-state index is 12.0. The molecule has 0 aliphatic heterocycles. The van der Waals surface area contributed by atoms with Crippen molar-refractivity contribution in [1.82, 2.24) is 4.98 Å². The zero-order valence-corrected chi connectivity index (χ0v) is 16.6. The van der Waals surface area contributed by atoms with Crippen LogP contribution in [0.15, 0.2) is 24.3 Å². The van der Waals surface area contributed by atoms with Crippen LogP contribution < -0.4 is 14.8 Å². The highest BCUT2D eigenvalue weighted by Gasteiger charge is 2.07. The minimum Gasteiger partial charge on any atom is -0.493 e. The van der Waals surface area contributed by atoms with Crippen molar-refractivity contribution in [3.05, 3.63) is 40.4 Å². The largest absolute Gasteiger partial charge is 0.493 e. The number of methoxy groups -OCH3 is 1. The van der Waals surface area contributed by atoms with Gasteiger partial charge < -0.3 is 9.47 Å². The summed E-state index contributed by atoms with van der Waals surface area (Å²) >= 11 is 1.47. The van der Waals surface area contributed by atoms with Crippen LogP contribution in [-0.4, -0.2) is 24.6 Å². The summed E-state index contributed by atoms with van der Waals surface area (Å²) in [5.74, 6) is 1.17. The quantitative estimate of drug-likeness (QED) is 0.496. The Kier molecular flexibility index (Phi) is 7.66. The molecule has 1 aromatic carbocycles. The molecule has 0 saturated carbocycles. The third-order valence-electron chi connectivity index (χ3n) is 3.88. The molecule has 6 heteroatoms. The number of anilines is 1. The molecule has 2 aromatic rings. The second-order valence-corrected chi connectivity index (χ2v) is 7.15. The summed E-state index contributed by atoms with van der Waals surface area (Å²) < 4.78 is 11.2. The van der Waals surface area contributed by atoms with Crippen molar-refractivity contribution in [2.24, 2.45) is 0 Å². The van der Waals surface area contributed by atoms with Gasteiger partial charge >= 0.3 is 0 Å². The second-order valence-electron chi connectivity index (χ2n) is 5.95. The third-order valence-corrected chi connectivity index (χ3v) is 4.87. The molecule has 0 radical (unpaired) electrons. The van der Waals surface area contributed by atoms with Gasteiger partial charge in [0.05, 0.1) is 19.4 Å². The summed E-state index contributed by atoms with van der Waals surface area (Å²) in [5.41, 5.74) is 1.80. The van der Waals surface area contributed by atoms with E-state index in [1.54, 1.807) is 13.2 Å². The number of aromatic nitrogens is 1. The van der Waals surface area contributed by atoms with Crippen LogP contribution in [0.2, 0.25) is 0 Å². The van der Waals surface area contributed by atoms with E-state index in [-0.39, 0.29) is 5.91 Å². The summed E-state index contributed by atoms with van der Waals surface area (Å²) in [5, 5.41) is 3.39. The Balaban J connectivity index is 1.97. The van der Waals surface area contributed by atoms with Crippen LogP contribution in [0, 0.1) is 13.8 Å². The van der Waals surface area contributed by atoms with Crippen molar-refractivity contribution in [2.45, 2.75) is 40.0 Å². The van der Waals surface area contributed by atoms with Crippen molar-refractivity contribution in [3.63, 3.8) is 0 Å². The molecule has 1 N–H and O–H groups in total. The van der Waals surface area contributed by atoms with Gasteiger partial charge in [0.1, 0.15) is 0 Å². The molecule has 2 rings (SSSR count). The highest BCUT2D eigenvalue weighted by atomic mass is 32.1. The number of amides is 1. The minimum atomic E-state index is -0.211. The summed E-state index contributed by atoms with van der Waals surface area (Å²) in [6.45, 7) is 6.75. The average molecular weight is 375 g/mol. The van der Waals surface area contributed by atoms with E-state index in [9.17, 15) is 4.79 Å². The van der Waals surface area contributed by atoms with E-state index in [0.29, 0.717) is 17.5 Å². The number of hydrogen-bond acceptors (Lipinski definition) is 5. The van der Waals surface area contributed by atoms with E-state index < -0.39 is 0 Å². The first-order valence-corrected chi connectivity index (χ1v) is 9.59. The molecular formula is C20H26N2O3S. The van der Waals surface area contributed by atoms with Gasteiger partial charge in [-0.2, -0.15) is 0 Å². The Bertz CT molecular complexity index is 749. The summed E-state index contributed by atoms with van der Waals surface area (Å²) in [4.78, 5) is 17.4. The number of aryl methyl sites for hydroxylation is 2. The van der Waals surface area contributed by atoms with E-state index in [1.165, 1.54) is 17.4 Å². The van der Waals surface area contributed by atoms with E-state index in [2.05, 4.69) is 17.2 Å². The molecule has 1 aromatic heterocycles. The van der Waals surface area contributed by atoms with Crippen LogP contribution in [0.4, 0.5) is 5.13 Å². The first-order valence-electron chi connectivity index (χ1n) is 8.77. The van der Waals surface area contributed by atoms with Gasteiger partial charge in [-0.3, -0.25) is 10.1 Å². The highest BCUT2D eigenvalue weighted by Crippen LogP contribution is 2.29. The Morgan fingerprint density at radius 3 is 2.73 bits per heavy atom. The number of carbonyl (C=O) groups excluding carboxylic acids is 1. The first-order chi connectivity index (χ1) is 12.5. The standard InChI is InChI=1S/C20H26N2O3S/c1-5-6-7-12-25-17-10-8-16(13-18(17)24-4)9-11-19(23)22-20-21-14(2)15(3)26-20/h8-11,13H,5-7,12H2,1-4H3,(H,21,22,23)/b11-9+. The van der Waals surface area contributed by atoms with Crippen molar-refractivity contribution in [2.75, 3.05) is 19.0 Å². The number of ether oxygens (including phenoxy) is 2. The van der Waals surface area contributed by atoms with Gasteiger partial charge in [-0.25, -0.2) is 4.98 Å². The number of nitrogens with zero attached hydrogens (tertiary/aromatic N) is 1. The topological polar surface area (TPSA) is 60.5 Å². The average Bonchev–Trinajstić information content (AvgIpc) is 2.94. The monoisotopic (exact) mass is 374 g/mol. The molecule has 0 aliphatic rings. The normalized spacial score (nSPS) is 10.9. The fourth-order valence-electron chi connectivity index (χ4n) is 2.29. The fraction of sp³-hybridized carbons (Fsp3) is 0.400. The Morgan fingerprint density at radius 2 is 2.08 bits per heavy atom. The van der Waals surface area contributed by atoms with Gasteiger partial charge in [0.2, 0.25) is 5.91 Å². The molecule has 0 aliphatic carbocycles. The number of rotatable bonds is 9. The summed E-state index contributed by atoms with van der Waals surface area (Å²) in [7, 11) is 1.61. The molecule has 5 nitrogen and oxygen atoms in total. The second kappa shape index (κ2) is 9.97.